The number of hydrogen-bond donors (Lipinski definition) is 1. The van der Waals surface area contributed by atoms with Crippen LogP contribution < -0.4 is 0 Å². The number of aryl methyl sites for hydroxylation is 2. The van der Waals surface area contributed by atoms with E-state index in [2.05, 4.69) is 76.6 Å². The van der Waals surface area contributed by atoms with Gasteiger partial charge in [-0.15, -0.1) is 0 Å². The van der Waals surface area contributed by atoms with Crippen molar-refractivity contribution in [1.82, 2.24) is 15.0 Å². The molecule has 2 aliphatic heterocycles. The Balaban J connectivity index is 0.000000165. The number of hydrogen-bond acceptors (Lipinski definition) is 5. The molecule has 6 rings (SSSR count). The van der Waals surface area contributed by atoms with E-state index in [0.29, 0.717) is 17.8 Å². The molecule has 0 radical (unpaired) electrons. The standard InChI is InChI=1S/C18H25NO2.C17H22N2O/c20-18(21)17(15-9-5-2-6-10-15)19-12-11-16(13-19)14-7-3-1-4-8-14;1-19-11-9-15(10-12-19)17-16(13-20-18-17)8-7-14-5-3-2-4-6-14/h1,3-4,7-8,15-17H,2,5-6,9-13H2,(H,20,21);2-6,13,15H,7-12H2,1H3/t16-,17-;/m1./s1. The molecule has 0 bridgehead atoms. The summed E-state index contributed by atoms with van der Waals surface area (Å²) in [6.07, 6.45) is 13.2. The first kappa shape index (κ1) is 29.5. The highest BCUT2D eigenvalue weighted by molar-refractivity contribution is 5.74. The number of aromatic nitrogens is 1. The van der Waals surface area contributed by atoms with Crippen molar-refractivity contribution >= 4 is 5.97 Å². The van der Waals surface area contributed by atoms with Crippen molar-refractivity contribution in [2.75, 3.05) is 33.2 Å². The molecule has 0 spiro atoms. The van der Waals surface area contributed by atoms with E-state index < -0.39 is 5.97 Å². The van der Waals surface area contributed by atoms with Crippen LogP contribution in [0.25, 0.3) is 0 Å². The lowest BCUT2D eigenvalue weighted by molar-refractivity contribution is -0.145. The zero-order valence-corrected chi connectivity index (χ0v) is 24.7. The summed E-state index contributed by atoms with van der Waals surface area (Å²) in [6.45, 7) is 4.15. The molecule has 0 unspecified atom stereocenters. The van der Waals surface area contributed by atoms with Gasteiger partial charge in [0.25, 0.3) is 0 Å². The van der Waals surface area contributed by atoms with Gasteiger partial charge in [-0.05, 0) is 94.6 Å². The van der Waals surface area contributed by atoms with Gasteiger partial charge in [-0.3, -0.25) is 9.69 Å². The maximum absolute atomic E-state index is 11.8. The Morgan fingerprint density at radius 1 is 0.878 bits per heavy atom. The summed E-state index contributed by atoms with van der Waals surface area (Å²) in [4.78, 5) is 16.4. The molecule has 220 valence electrons. The fraction of sp³-hybridized carbons (Fsp3) is 0.543. The Morgan fingerprint density at radius 2 is 1.54 bits per heavy atom. The lowest BCUT2D eigenvalue weighted by Crippen LogP contribution is -2.45. The average molecular weight is 558 g/mol. The van der Waals surface area contributed by atoms with Crippen molar-refractivity contribution in [1.29, 1.82) is 0 Å². The van der Waals surface area contributed by atoms with E-state index in [1.54, 1.807) is 0 Å². The van der Waals surface area contributed by atoms with Gasteiger partial charge in [0, 0.05) is 18.0 Å². The van der Waals surface area contributed by atoms with Crippen LogP contribution in [0, 0.1) is 5.92 Å². The highest BCUT2D eigenvalue weighted by atomic mass is 16.5. The Labute approximate surface area is 245 Å². The summed E-state index contributed by atoms with van der Waals surface area (Å²) in [7, 11) is 2.19. The van der Waals surface area contributed by atoms with Crippen molar-refractivity contribution in [3.63, 3.8) is 0 Å². The molecular formula is C35H47N3O3. The molecule has 3 aromatic rings. The predicted octanol–water partition coefficient (Wildman–Crippen LogP) is 6.78. The molecule has 0 amide bonds. The van der Waals surface area contributed by atoms with Gasteiger partial charge >= 0.3 is 5.97 Å². The molecule has 2 atom stereocenters. The van der Waals surface area contributed by atoms with Crippen molar-refractivity contribution in [3.8, 4) is 0 Å². The molecule has 3 heterocycles. The van der Waals surface area contributed by atoms with Gasteiger partial charge < -0.3 is 14.5 Å². The number of carboxylic acids is 1. The van der Waals surface area contributed by atoms with E-state index in [-0.39, 0.29) is 6.04 Å². The minimum atomic E-state index is -0.615. The topological polar surface area (TPSA) is 69.8 Å². The normalized spacial score (nSPS) is 21.7. The Bertz CT molecular complexity index is 1180. The molecular weight excluding hydrogens is 510 g/mol. The zero-order valence-electron chi connectivity index (χ0n) is 24.7. The van der Waals surface area contributed by atoms with Gasteiger partial charge in [0.1, 0.15) is 12.3 Å². The fourth-order valence-electron chi connectivity index (χ4n) is 7.14. The fourth-order valence-corrected chi connectivity index (χ4v) is 7.14. The molecule has 1 aromatic heterocycles. The van der Waals surface area contributed by atoms with Crippen LogP contribution in [0.1, 0.15) is 85.6 Å². The first-order chi connectivity index (χ1) is 20.1. The molecule has 1 saturated carbocycles. The Morgan fingerprint density at radius 3 is 2.22 bits per heavy atom. The van der Waals surface area contributed by atoms with Crippen LogP contribution in [0.3, 0.4) is 0 Å². The van der Waals surface area contributed by atoms with Crippen LogP contribution in [-0.2, 0) is 17.6 Å². The SMILES string of the molecule is CN1CCC(c2nocc2CCc2ccccc2)CC1.O=C(O)[C@@H](C1CCCCC1)N1CC[C@@H](c2ccccc2)C1. The van der Waals surface area contributed by atoms with E-state index in [1.807, 2.05) is 12.3 Å². The van der Waals surface area contributed by atoms with Crippen LogP contribution in [0.4, 0.5) is 0 Å². The van der Waals surface area contributed by atoms with Gasteiger partial charge in [-0.2, -0.15) is 0 Å². The summed E-state index contributed by atoms with van der Waals surface area (Å²) in [6, 6.07) is 20.9. The minimum Gasteiger partial charge on any atom is -0.480 e. The highest BCUT2D eigenvalue weighted by Crippen LogP contribution is 2.35. The molecule has 2 saturated heterocycles. The van der Waals surface area contributed by atoms with Gasteiger partial charge in [-0.25, -0.2) is 0 Å². The number of likely N-dealkylation sites (tertiary alicyclic amines) is 2. The Hall–Kier alpha value is -2.96. The molecule has 3 aliphatic rings. The first-order valence-electron chi connectivity index (χ1n) is 15.8. The van der Waals surface area contributed by atoms with Crippen LogP contribution in [0.2, 0.25) is 0 Å². The van der Waals surface area contributed by atoms with Gasteiger partial charge in [0.2, 0.25) is 0 Å². The minimum absolute atomic E-state index is 0.265. The summed E-state index contributed by atoms with van der Waals surface area (Å²) >= 11 is 0. The summed E-state index contributed by atoms with van der Waals surface area (Å²) in [5.74, 6) is 0.814. The monoisotopic (exact) mass is 557 g/mol. The predicted molar refractivity (Wildman–Crippen MR) is 163 cm³/mol. The van der Waals surface area contributed by atoms with Gasteiger partial charge in [-0.1, -0.05) is 85.1 Å². The Kier molecular flexibility index (Phi) is 10.7. The molecule has 6 nitrogen and oxygen atoms in total. The zero-order chi connectivity index (χ0) is 28.4. The van der Waals surface area contributed by atoms with Crippen LogP contribution in [0.15, 0.2) is 71.4 Å². The largest absolute Gasteiger partial charge is 0.480 e. The molecule has 3 fully saturated rings. The molecule has 2 aromatic carbocycles. The van der Waals surface area contributed by atoms with E-state index in [0.717, 1.165) is 58.3 Å². The lowest BCUT2D eigenvalue weighted by atomic mass is 9.83. The third-order valence-electron chi connectivity index (χ3n) is 9.54. The number of piperidine rings is 1. The summed E-state index contributed by atoms with van der Waals surface area (Å²) in [5, 5.41) is 14.0. The van der Waals surface area contributed by atoms with E-state index in [1.165, 1.54) is 54.5 Å². The summed E-state index contributed by atoms with van der Waals surface area (Å²) < 4.78 is 5.25. The van der Waals surface area contributed by atoms with E-state index in [4.69, 9.17) is 4.52 Å². The van der Waals surface area contributed by atoms with E-state index in [9.17, 15) is 9.90 Å². The third-order valence-corrected chi connectivity index (χ3v) is 9.54. The van der Waals surface area contributed by atoms with Crippen LogP contribution >= 0.6 is 0 Å². The smallest absolute Gasteiger partial charge is 0.321 e. The third kappa shape index (κ3) is 8.08. The quantitative estimate of drug-likeness (QED) is 0.329. The molecule has 6 heteroatoms. The second-order valence-corrected chi connectivity index (χ2v) is 12.4. The van der Waals surface area contributed by atoms with Gasteiger partial charge in [0.15, 0.2) is 0 Å². The average Bonchev–Trinajstić information content (AvgIpc) is 3.69. The van der Waals surface area contributed by atoms with Crippen molar-refractivity contribution in [2.24, 2.45) is 5.92 Å². The second kappa shape index (κ2) is 14.8. The van der Waals surface area contributed by atoms with Crippen molar-refractivity contribution in [2.45, 2.75) is 82.1 Å². The summed E-state index contributed by atoms with van der Waals surface area (Å²) in [5.41, 5.74) is 5.23. The van der Waals surface area contributed by atoms with E-state index >= 15 is 0 Å². The molecule has 41 heavy (non-hydrogen) atoms. The number of rotatable bonds is 8. The van der Waals surface area contributed by atoms with Crippen LogP contribution in [0.5, 0.6) is 0 Å². The lowest BCUT2D eigenvalue weighted by Gasteiger charge is -2.33. The number of aliphatic carboxylic acids is 1. The van der Waals surface area contributed by atoms with Gasteiger partial charge in [0.05, 0.1) is 5.69 Å². The molecule has 1 aliphatic carbocycles. The number of carbonyl (C=O) groups is 1. The number of nitrogens with zero attached hydrogens (tertiary/aromatic N) is 3. The number of carboxylic acid groups (broad SMARTS) is 1. The maximum Gasteiger partial charge on any atom is 0.321 e. The second-order valence-electron chi connectivity index (χ2n) is 12.4. The van der Waals surface area contributed by atoms with Crippen molar-refractivity contribution < 1.29 is 14.4 Å². The molecule has 1 N–H and O–H groups in total. The highest BCUT2D eigenvalue weighted by Gasteiger charge is 2.38. The maximum atomic E-state index is 11.8. The number of benzene rings is 2. The first-order valence-corrected chi connectivity index (χ1v) is 15.8. The van der Waals surface area contributed by atoms with Crippen LogP contribution in [-0.4, -0.2) is 65.3 Å². The van der Waals surface area contributed by atoms with Crippen molar-refractivity contribution in [3.05, 3.63) is 89.3 Å².